The van der Waals surface area contributed by atoms with E-state index >= 15 is 0 Å². The lowest BCUT2D eigenvalue weighted by molar-refractivity contribution is 0.418. The van der Waals surface area contributed by atoms with E-state index in [1.54, 1.807) is 0 Å². The molecule has 1 aromatic carbocycles. The van der Waals surface area contributed by atoms with Gasteiger partial charge in [-0.25, -0.2) is 0 Å². The minimum atomic E-state index is -0.0420. The van der Waals surface area contributed by atoms with Crippen LogP contribution in [-0.2, 0) is 0 Å². The SMILES string of the molecule is Cc1cc(Br)c2oc([C@@H](N)C(C)C)cc2c1. The highest BCUT2D eigenvalue weighted by Gasteiger charge is 2.16. The molecule has 0 aliphatic carbocycles. The number of halogens is 1. The Hall–Kier alpha value is -0.800. The Morgan fingerprint density at radius 1 is 1.25 bits per heavy atom. The van der Waals surface area contributed by atoms with Crippen LogP contribution in [0.2, 0.25) is 0 Å². The van der Waals surface area contributed by atoms with E-state index in [1.807, 2.05) is 6.07 Å². The number of benzene rings is 1. The zero-order valence-electron chi connectivity index (χ0n) is 9.75. The van der Waals surface area contributed by atoms with Gasteiger partial charge in [0, 0.05) is 5.39 Å². The molecular weight excluding hydrogens is 266 g/mol. The maximum absolute atomic E-state index is 6.08. The van der Waals surface area contributed by atoms with E-state index in [-0.39, 0.29) is 6.04 Å². The summed E-state index contributed by atoms with van der Waals surface area (Å²) >= 11 is 3.51. The molecule has 0 saturated heterocycles. The third kappa shape index (κ3) is 2.02. The summed E-state index contributed by atoms with van der Waals surface area (Å²) in [5.41, 5.74) is 8.18. The van der Waals surface area contributed by atoms with Gasteiger partial charge in [0.1, 0.15) is 11.3 Å². The first-order valence-electron chi connectivity index (χ1n) is 5.44. The molecule has 0 saturated carbocycles. The van der Waals surface area contributed by atoms with E-state index in [1.165, 1.54) is 5.56 Å². The Bertz CT molecular complexity index is 516. The average Bonchev–Trinajstić information content (AvgIpc) is 2.60. The molecule has 0 bridgehead atoms. The molecule has 0 aliphatic rings. The van der Waals surface area contributed by atoms with Crippen molar-refractivity contribution in [3.05, 3.63) is 34.0 Å². The fourth-order valence-electron chi connectivity index (χ4n) is 1.76. The van der Waals surface area contributed by atoms with Gasteiger partial charge in [0.05, 0.1) is 10.5 Å². The Kier molecular flexibility index (Phi) is 3.08. The summed E-state index contributed by atoms with van der Waals surface area (Å²) in [4.78, 5) is 0. The van der Waals surface area contributed by atoms with Crippen molar-refractivity contribution in [3.8, 4) is 0 Å². The van der Waals surface area contributed by atoms with Crippen LogP contribution in [0.5, 0.6) is 0 Å². The van der Waals surface area contributed by atoms with E-state index in [9.17, 15) is 0 Å². The number of hydrogen-bond donors (Lipinski definition) is 1. The van der Waals surface area contributed by atoms with Crippen molar-refractivity contribution in [3.63, 3.8) is 0 Å². The van der Waals surface area contributed by atoms with Crippen LogP contribution in [-0.4, -0.2) is 0 Å². The molecule has 2 aromatic rings. The topological polar surface area (TPSA) is 39.2 Å². The highest BCUT2D eigenvalue weighted by molar-refractivity contribution is 9.10. The summed E-state index contributed by atoms with van der Waals surface area (Å²) in [6.45, 7) is 6.26. The van der Waals surface area contributed by atoms with E-state index < -0.39 is 0 Å². The number of rotatable bonds is 2. The highest BCUT2D eigenvalue weighted by Crippen LogP contribution is 2.32. The van der Waals surface area contributed by atoms with Crippen molar-refractivity contribution < 1.29 is 4.42 Å². The molecule has 86 valence electrons. The monoisotopic (exact) mass is 281 g/mol. The first kappa shape index (κ1) is 11.7. The maximum atomic E-state index is 6.08. The first-order chi connectivity index (χ1) is 7.49. The van der Waals surface area contributed by atoms with Crippen LogP contribution in [0.4, 0.5) is 0 Å². The van der Waals surface area contributed by atoms with Crippen LogP contribution in [0.15, 0.2) is 27.1 Å². The van der Waals surface area contributed by atoms with E-state index in [0.29, 0.717) is 5.92 Å². The highest BCUT2D eigenvalue weighted by atomic mass is 79.9. The van der Waals surface area contributed by atoms with Gasteiger partial charge in [-0.1, -0.05) is 13.8 Å². The number of hydrogen-bond acceptors (Lipinski definition) is 2. The van der Waals surface area contributed by atoms with E-state index in [2.05, 4.69) is 48.8 Å². The molecule has 0 aliphatic heterocycles. The third-order valence-corrected chi connectivity index (χ3v) is 3.37. The predicted molar refractivity (Wildman–Crippen MR) is 70.4 cm³/mol. The molecule has 0 radical (unpaired) electrons. The van der Waals surface area contributed by atoms with Crippen LogP contribution in [0.1, 0.15) is 31.2 Å². The smallest absolute Gasteiger partial charge is 0.148 e. The molecule has 2 nitrogen and oxygen atoms in total. The van der Waals surface area contributed by atoms with Gasteiger partial charge in [0.25, 0.3) is 0 Å². The summed E-state index contributed by atoms with van der Waals surface area (Å²) in [6.07, 6.45) is 0. The number of aryl methyl sites for hydroxylation is 1. The summed E-state index contributed by atoms with van der Waals surface area (Å²) in [5.74, 6) is 1.23. The van der Waals surface area contributed by atoms with Gasteiger partial charge < -0.3 is 10.2 Å². The van der Waals surface area contributed by atoms with Gasteiger partial charge in [-0.15, -0.1) is 0 Å². The zero-order valence-corrected chi connectivity index (χ0v) is 11.3. The minimum absolute atomic E-state index is 0.0420. The largest absolute Gasteiger partial charge is 0.458 e. The van der Waals surface area contributed by atoms with E-state index in [0.717, 1.165) is 21.2 Å². The molecular formula is C13H16BrNO. The summed E-state index contributed by atoms with van der Waals surface area (Å²) in [5, 5.41) is 1.11. The van der Waals surface area contributed by atoms with Gasteiger partial charge in [0.2, 0.25) is 0 Å². The van der Waals surface area contributed by atoms with Gasteiger partial charge in [-0.05, 0) is 52.5 Å². The molecule has 2 N–H and O–H groups in total. The molecule has 1 heterocycles. The summed E-state index contributed by atoms with van der Waals surface area (Å²) in [6, 6.07) is 6.16. The van der Waals surface area contributed by atoms with Crippen LogP contribution < -0.4 is 5.73 Å². The number of fused-ring (bicyclic) bond motifs is 1. The van der Waals surface area contributed by atoms with Crippen LogP contribution in [0, 0.1) is 12.8 Å². The molecule has 0 fully saturated rings. The normalized spacial score (nSPS) is 13.6. The maximum Gasteiger partial charge on any atom is 0.148 e. The fourth-order valence-corrected chi connectivity index (χ4v) is 2.44. The Labute approximate surface area is 104 Å². The second kappa shape index (κ2) is 4.22. The Morgan fingerprint density at radius 2 is 1.94 bits per heavy atom. The first-order valence-corrected chi connectivity index (χ1v) is 6.23. The molecule has 0 spiro atoms. The van der Waals surface area contributed by atoms with Crippen molar-refractivity contribution in [1.29, 1.82) is 0 Å². The van der Waals surface area contributed by atoms with Crippen LogP contribution >= 0.6 is 15.9 Å². The lowest BCUT2D eigenvalue weighted by Crippen LogP contribution is -2.15. The van der Waals surface area contributed by atoms with Crippen LogP contribution in [0.25, 0.3) is 11.0 Å². The molecule has 0 amide bonds. The molecule has 1 aromatic heterocycles. The quantitative estimate of drug-likeness (QED) is 0.898. The molecule has 3 heteroatoms. The summed E-state index contributed by atoms with van der Waals surface area (Å²) in [7, 11) is 0. The van der Waals surface area contributed by atoms with Crippen LogP contribution in [0.3, 0.4) is 0 Å². The number of furan rings is 1. The Balaban J connectivity index is 2.56. The standard InChI is InChI=1S/C13H16BrNO/c1-7(2)12(15)11-6-9-4-8(3)5-10(14)13(9)16-11/h4-7,12H,15H2,1-3H3/t12-/m0/s1. The minimum Gasteiger partial charge on any atom is -0.458 e. The van der Waals surface area contributed by atoms with Crippen molar-refractivity contribution >= 4 is 26.9 Å². The van der Waals surface area contributed by atoms with Gasteiger partial charge in [0.15, 0.2) is 0 Å². The van der Waals surface area contributed by atoms with Gasteiger partial charge in [-0.2, -0.15) is 0 Å². The van der Waals surface area contributed by atoms with Crippen molar-refractivity contribution in [2.75, 3.05) is 0 Å². The molecule has 0 unspecified atom stereocenters. The average molecular weight is 282 g/mol. The second-order valence-electron chi connectivity index (χ2n) is 4.58. The molecule has 16 heavy (non-hydrogen) atoms. The zero-order chi connectivity index (χ0) is 11.9. The van der Waals surface area contributed by atoms with Crippen molar-refractivity contribution in [2.24, 2.45) is 11.7 Å². The lowest BCUT2D eigenvalue weighted by atomic mass is 10.0. The van der Waals surface area contributed by atoms with Gasteiger partial charge in [-0.3, -0.25) is 0 Å². The second-order valence-corrected chi connectivity index (χ2v) is 5.44. The lowest BCUT2D eigenvalue weighted by Gasteiger charge is -2.11. The number of nitrogens with two attached hydrogens (primary N) is 1. The van der Waals surface area contributed by atoms with Crippen molar-refractivity contribution in [1.82, 2.24) is 0 Å². The summed E-state index contributed by atoms with van der Waals surface area (Å²) < 4.78 is 6.80. The van der Waals surface area contributed by atoms with Crippen molar-refractivity contribution in [2.45, 2.75) is 26.8 Å². The predicted octanol–water partition coefficient (Wildman–Crippen LogP) is 4.16. The Morgan fingerprint density at radius 3 is 2.56 bits per heavy atom. The third-order valence-electron chi connectivity index (χ3n) is 2.78. The molecule has 1 atom stereocenters. The fraction of sp³-hybridized carbons (Fsp3) is 0.385. The van der Waals surface area contributed by atoms with Gasteiger partial charge >= 0.3 is 0 Å². The van der Waals surface area contributed by atoms with E-state index in [4.69, 9.17) is 10.2 Å². The molecule has 2 rings (SSSR count).